The van der Waals surface area contributed by atoms with Crippen LogP contribution in [-0.4, -0.2) is 61.8 Å². The van der Waals surface area contributed by atoms with E-state index in [1.54, 1.807) is 6.92 Å². The Balaban J connectivity index is 2.78. The van der Waals surface area contributed by atoms with E-state index >= 15 is 0 Å². The third-order valence-corrected chi connectivity index (χ3v) is 3.17. The monoisotopic (exact) mass is 272 g/mol. The van der Waals surface area contributed by atoms with Crippen LogP contribution in [-0.2, 0) is 19.1 Å². The first kappa shape index (κ1) is 15.9. The largest absolute Gasteiger partial charge is 0.465 e. The minimum Gasteiger partial charge on any atom is -0.465 e. The summed E-state index contributed by atoms with van der Waals surface area (Å²) in [4.78, 5) is 25.9. The highest BCUT2D eigenvalue weighted by Crippen LogP contribution is 2.15. The standard InChI is InChI=1S/C13H24N2O4/c1-4-10(13(17)19-6-3)15-7-8-18-9-11(15)12(16)14-5-2/h10-11H,4-9H2,1-3H3,(H,14,16). The summed E-state index contributed by atoms with van der Waals surface area (Å²) < 4.78 is 10.4. The molecule has 1 heterocycles. The first-order valence-electron chi connectivity index (χ1n) is 6.93. The van der Waals surface area contributed by atoms with E-state index in [2.05, 4.69) is 5.32 Å². The van der Waals surface area contributed by atoms with Crippen molar-refractivity contribution in [1.29, 1.82) is 0 Å². The molecule has 1 rings (SSSR count). The summed E-state index contributed by atoms with van der Waals surface area (Å²) in [6.45, 7) is 7.92. The zero-order valence-electron chi connectivity index (χ0n) is 12.0. The van der Waals surface area contributed by atoms with Crippen LogP contribution >= 0.6 is 0 Å². The van der Waals surface area contributed by atoms with Gasteiger partial charge in [0.2, 0.25) is 5.91 Å². The number of hydrogen-bond acceptors (Lipinski definition) is 5. The predicted octanol–water partition coefficient (Wildman–Crippen LogP) is 0.165. The van der Waals surface area contributed by atoms with Gasteiger partial charge < -0.3 is 14.8 Å². The molecule has 0 aromatic heterocycles. The average molecular weight is 272 g/mol. The van der Waals surface area contributed by atoms with Crippen LogP contribution in [0.3, 0.4) is 0 Å². The van der Waals surface area contributed by atoms with Gasteiger partial charge in [0.1, 0.15) is 12.1 Å². The van der Waals surface area contributed by atoms with E-state index in [1.165, 1.54) is 0 Å². The van der Waals surface area contributed by atoms with E-state index in [-0.39, 0.29) is 17.9 Å². The molecule has 0 saturated carbocycles. The summed E-state index contributed by atoms with van der Waals surface area (Å²) in [5, 5.41) is 2.78. The van der Waals surface area contributed by atoms with Gasteiger partial charge in [-0.1, -0.05) is 6.92 Å². The molecule has 0 spiro atoms. The maximum atomic E-state index is 12.0. The zero-order chi connectivity index (χ0) is 14.3. The van der Waals surface area contributed by atoms with Crippen LogP contribution in [0.2, 0.25) is 0 Å². The number of likely N-dealkylation sites (N-methyl/N-ethyl adjacent to an activating group) is 1. The van der Waals surface area contributed by atoms with Gasteiger partial charge in [0.05, 0.1) is 19.8 Å². The summed E-state index contributed by atoms with van der Waals surface area (Å²) in [5.74, 6) is -0.355. The van der Waals surface area contributed by atoms with Crippen molar-refractivity contribution < 1.29 is 19.1 Å². The highest BCUT2D eigenvalue weighted by molar-refractivity contribution is 5.83. The second-order valence-corrected chi connectivity index (χ2v) is 4.40. The van der Waals surface area contributed by atoms with Gasteiger partial charge in [0, 0.05) is 13.1 Å². The van der Waals surface area contributed by atoms with E-state index in [9.17, 15) is 9.59 Å². The number of morpholine rings is 1. The summed E-state index contributed by atoms with van der Waals surface area (Å²) >= 11 is 0. The lowest BCUT2D eigenvalue weighted by Gasteiger charge is -2.38. The maximum absolute atomic E-state index is 12.0. The molecule has 1 fully saturated rings. The van der Waals surface area contributed by atoms with Gasteiger partial charge in [0.15, 0.2) is 0 Å². The lowest BCUT2D eigenvalue weighted by Crippen LogP contribution is -2.59. The molecule has 0 aliphatic carbocycles. The number of rotatable bonds is 6. The second kappa shape index (κ2) is 8.12. The molecule has 1 aliphatic heterocycles. The molecule has 1 saturated heterocycles. The van der Waals surface area contributed by atoms with E-state index in [0.717, 1.165) is 0 Å². The molecule has 0 bridgehead atoms. The normalized spacial score (nSPS) is 21.7. The van der Waals surface area contributed by atoms with Crippen molar-refractivity contribution in [3.8, 4) is 0 Å². The molecule has 0 aromatic rings. The molecule has 0 aromatic carbocycles. The van der Waals surface area contributed by atoms with E-state index in [1.807, 2.05) is 18.7 Å². The molecule has 6 nitrogen and oxygen atoms in total. The van der Waals surface area contributed by atoms with Crippen LogP contribution in [0.4, 0.5) is 0 Å². The van der Waals surface area contributed by atoms with Crippen LogP contribution in [0.25, 0.3) is 0 Å². The van der Waals surface area contributed by atoms with Crippen LogP contribution in [0, 0.1) is 0 Å². The number of esters is 1. The number of amides is 1. The average Bonchev–Trinajstić information content (AvgIpc) is 2.41. The van der Waals surface area contributed by atoms with Crippen molar-refractivity contribution >= 4 is 11.9 Å². The maximum Gasteiger partial charge on any atom is 0.323 e. The van der Waals surface area contributed by atoms with Crippen molar-refractivity contribution in [3.05, 3.63) is 0 Å². The fraction of sp³-hybridized carbons (Fsp3) is 0.846. The van der Waals surface area contributed by atoms with Crippen LogP contribution < -0.4 is 5.32 Å². The minimum absolute atomic E-state index is 0.0926. The van der Waals surface area contributed by atoms with Crippen LogP contribution in [0.1, 0.15) is 27.2 Å². The fourth-order valence-corrected chi connectivity index (χ4v) is 2.28. The van der Waals surface area contributed by atoms with E-state index in [4.69, 9.17) is 9.47 Å². The van der Waals surface area contributed by atoms with Crippen molar-refractivity contribution in [2.75, 3.05) is 32.9 Å². The van der Waals surface area contributed by atoms with Crippen LogP contribution in [0.5, 0.6) is 0 Å². The predicted molar refractivity (Wildman–Crippen MR) is 70.7 cm³/mol. The van der Waals surface area contributed by atoms with Crippen LogP contribution in [0.15, 0.2) is 0 Å². The van der Waals surface area contributed by atoms with E-state index in [0.29, 0.717) is 39.3 Å². The summed E-state index contributed by atoms with van der Waals surface area (Å²) in [6, 6.07) is -0.792. The summed E-state index contributed by atoms with van der Waals surface area (Å²) in [7, 11) is 0. The van der Waals surface area contributed by atoms with Gasteiger partial charge in [-0.3, -0.25) is 14.5 Å². The third kappa shape index (κ3) is 4.18. The number of ether oxygens (including phenoxy) is 2. The molecule has 19 heavy (non-hydrogen) atoms. The van der Waals surface area contributed by atoms with E-state index < -0.39 is 6.04 Å². The van der Waals surface area contributed by atoms with Gasteiger partial charge in [-0.05, 0) is 20.3 Å². The van der Waals surface area contributed by atoms with Crippen molar-refractivity contribution in [3.63, 3.8) is 0 Å². The molecular weight excluding hydrogens is 248 g/mol. The smallest absolute Gasteiger partial charge is 0.323 e. The lowest BCUT2D eigenvalue weighted by atomic mass is 10.1. The molecule has 1 amide bonds. The lowest BCUT2D eigenvalue weighted by molar-refractivity contribution is -0.156. The SMILES string of the molecule is CCNC(=O)C1COCCN1C(CC)C(=O)OCC. The molecule has 1 N–H and O–H groups in total. The number of carbonyl (C=O) groups is 2. The zero-order valence-corrected chi connectivity index (χ0v) is 12.0. The molecule has 6 heteroatoms. The highest BCUT2D eigenvalue weighted by atomic mass is 16.5. The number of nitrogens with zero attached hydrogens (tertiary/aromatic N) is 1. The molecular formula is C13H24N2O4. The second-order valence-electron chi connectivity index (χ2n) is 4.40. The molecule has 0 radical (unpaired) electrons. The first-order valence-corrected chi connectivity index (χ1v) is 6.93. The Kier molecular flexibility index (Phi) is 6.80. The van der Waals surface area contributed by atoms with Gasteiger partial charge in [0.25, 0.3) is 0 Å². The Morgan fingerprint density at radius 3 is 2.74 bits per heavy atom. The summed E-state index contributed by atoms with van der Waals surface area (Å²) in [6.07, 6.45) is 0.620. The number of hydrogen-bond donors (Lipinski definition) is 1. The topological polar surface area (TPSA) is 67.9 Å². The van der Waals surface area contributed by atoms with Crippen molar-refractivity contribution in [2.24, 2.45) is 0 Å². The molecule has 2 unspecified atom stereocenters. The molecule has 110 valence electrons. The quantitative estimate of drug-likeness (QED) is 0.698. The fourth-order valence-electron chi connectivity index (χ4n) is 2.28. The van der Waals surface area contributed by atoms with Crippen molar-refractivity contribution in [1.82, 2.24) is 10.2 Å². The Hall–Kier alpha value is -1.14. The first-order chi connectivity index (χ1) is 9.15. The molecule has 2 atom stereocenters. The Labute approximate surface area is 114 Å². The van der Waals surface area contributed by atoms with Gasteiger partial charge in [-0.2, -0.15) is 0 Å². The van der Waals surface area contributed by atoms with Crippen molar-refractivity contribution in [2.45, 2.75) is 39.3 Å². The number of nitrogens with one attached hydrogen (secondary N) is 1. The Morgan fingerprint density at radius 2 is 2.16 bits per heavy atom. The number of carbonyl (C=O) groups excluding carboxylic acids is 2. The Morgan fingerprint density at radius 1 is 1.42 bits per heavy atom. The highest BCUT2D eigenvalue weighted by Gasteiger charge is 2.37. The van der Waals surface area contributed by atoms with Gasteiger partial charge in [-0.15, -0.1) is 0 Å². The Bertz CT molecular complexity index is 289. The van der Waals surface area contributed by atoms with Gasteiger partial charge in [-0.25, -0.2) is 0 Å². The van der Waals surface area contributed by atoms with Gasteiger partial charge >= 0.3 is 5.97 Å². The summed E-state index contributed by atoms with van der Waals surface area (Å²) in [5.41, 5.74) is 0. The molecule has 1 aliphatic rings. The third-order valence-electron chi connectivity index (χ3n) is 3.17. The minimum atomic E-state index is -0.414.